The number of aliphatic carboxylic acids is 1. The van der Waals surface area contributed by atoms with Crippen LogP contribution in [0.15, 0.2) is 41.5 Å². The van der Waals surface area contributed by atoms with E-state index in [4.69, 9.17) is 0 Å². The van der Waals surface area contributed by atoms with Crippen LogP contribution >= 0.6 is 0 Å². The van der Waals surface area contributed by atoms with Gasteiger partial charge in [0.2, 0.25) is 5.91 Å². The fourth-order valence-electron chi connectivity index (χ4n) is 3.87. The third-order valence-corrected chi connectivity index (χ3v) is 5.61. The number of amides is 1. The van der Waals surface area contributed by atoms with Gasteiger partial charge in [0.05, 0.1) is 11.8 Å². The van der Waals surface area contributed by atoms with E-state index in [1.165, 1.54) is 11.3 Å². The molecule has 5 heteroatoms. The predicted octanol–water partition coefficient (Wildman–Crippen LogP) is 2.78. The molecule has 1 N–H and O–H groups in total. The minimum Gasteiger partial charge on any atom is -0.481 e. The van der Waals surface area contributed by atoms with Crippen LogP contribution in [0.2, 0.25) is 0 Å². The van der Waals surface area contributed by atoms with Gasteiger partial charge in [-0.3, -0.25) is 9.59 Å². The van der Waals surface area contributed by atoms with E-state index < -0.39 is 17.8 Å². The summed E-state index contributed by atoms with van der Waals surface area (Å²) in [5, 5.41) is 9.55. The van der Waals surface area contributed by atoms with E-state index in [0.29, 0.717) is 25.9 Å². The van der Waals surface area contributed by atoms with Crippen LogP contribution in [0.5, 0.6) is 0 Å². The molecule has 1 saturated heterocycles. The molecule has 0 aromatic heterocycles. The number of para-hydroxylation sites is 1. The lowest BCUT2D eigenvalue weighted by Gasteiger charge is -2.39. The van der Waals surface area contributed by atoms with Gasteiger partial charge in [0, 0.05) is 31.9 Å². The second kappa shape index (κ2) is 7.30. The Labute approximate surface area is 148 Å². The summed E-state index contributed by atoms with van der Waals surface area (Å²) in [7, 11) is 0. The Morgan fingerprint density at radius 1 is 0.920 bits per heavy atom. The second-order valence-corrected chi connectivity index (χ2v) is 7.17. The summed E-state index contributed by atoms with van der Waals surface area (Å²) in [6.45, 7) is 6.87. The number of hydrogen-bond acceptors (Lipinski definition) is 3. The van der Waals surface area contributed by atoms with Gasteiger partial charge < -0.3 is 14.9 Å². The summed E-state index contributed by atoms with van der Waals surface area (Å²) in [4.78, 5) is 28.8. The van der Waals surface area contributed by atoms with E-state index in [1.54, 1.807) is 0 Å². The van der Waals surface area contributed by atoms with Crippen LogP contribution in [-0.2, 0) is 9.59 Å². The van der Waals surface area contributed by atoms with E-state index in [2.05, 4.69) is 17.0 Å². The molecule has 0 spiro atoms. The molecule has 0 unspecified atom stereocenters. The molecule has 1 fully saturated rings. The fourth-order valence-corrected chi connectivity index (χ4v) is 3.87. The van der Waals surface area contributed by atoms with Crippen LogP contribution in [0, 0.1) is 11.8 Å². The molecule has 2 aliphatic rings. The van der Waals surface area contributed by atoms with Gasteiger partial charge in [-0.15, -0.1) is 0 Å². The van der Waals surface area contributed by atoms with Crippen LogP contribution in [-0.4, -0.2) is 48.1 Å². The monoisotopic (exact) mass is 342 g/mol. The van der Waals surface area contributed by atoms with Crippen molar-refractivity contribution in [2.24, 2.45) is 11.8 Å². The molecule has 134 valence electrons. The molecule has 0 bridgehead atoms. The number of rotatable bonds is 3. The van der Waals surface area contributed by atoms with Crippen molar-refractivity contribution in [1.82, 2.24) is 4.90 Å². The predicted molar refractivity (Wildman–Crippen MR) is 97.5 cm³/mol. The first kappa shape index (κ1) is 17.5. The molecule has 5 nitrogen and oxygen atoms in total. The lowest BCUT2D eigenvalue weighted by molar-refractivity contribution is -0.151. The topological polar surface area (TPSA) is 60.9 Å². The van der Waals surface area contributed by atoms with Crippen molar-refractivity contribution in [3.05, 3.63) is 41.5 Å². The van der Waals surface area contributed by atoms with Gasteiger partial charge in [-0.2, -0.15) is 0 Å². The Hall–Kier alpha value is -2.30. The van der Waals surface area contributed by atoms with E-state index in [9.17, 15) is 14.7 Å². The summed E-state index contributed by atoms with van der Waals surface area (Å²) in [6, 6.07) is 10.2. The number of carbonyl (C=O) groups excluding carboxylic acids is 1. The van der Waals surface area contributed by atoms with Crippen LogP contribution in [0.25, 0.3) is 0 Å². The zero-order chi connectivity index (χ0) is 18.0. The average Bonchev–Trinajstić information content (AvgIpc) is 2.63. The molecule has 1 amide bonds. The molecular formula is C20H26N2O3. The van der Waals surface area contributed by atoms with E-state index in [1.807, 2.05) is 36.9 Å². The standard InChI is InChI=1S/C20H26N2O3/c1-14-12-17(18(20(24)25)13-15(14)2)19(23)22-10-8-21(9-11-22)16-6-4-3-5-7-16/h3-7,17-18H,8-13H2,1-2H3,(H,24,25)/t17-,18-/m0/s1. The summed E-state index contributed by atoms with van der Waals surface area (Å²) >= 11 is 0. The molecule has 1 aromatic carbocycles. The normalized spacial score (nSPS) is 24.4. The van der Waals surface area contributed by atoms with Gasteiger partial charge in [-0.05, 0) is 38.8 Å². The zero-order valence-corrected chi connectivity index (χ0v) is 14.9. The molecule has 1 aliphatic carbocycles. The van der Waals surface area contributed by atoms with Crippen molar-refractivity contribution in [2.45, 2.75) is 26.7 Å². The van der Waals surface area contributed by atoms with Gasteiger partial charge in [-0.25, -0.2) is 0 Å². The molecule has 2 atom stereocenters. The van der Waals surface area contributed by atoms with E-state index >= 15 is 0 Å². The largest absolute Gasteiger partial charge is 0.481 e. The number of allylic oxidation sites excluding steroid dienone is 2. The molecule has 1 aliphatic heterocycles. The third kappa shape index (κ3) is 3.70. The summed E-state index contributed by atoms with van der Waals surface area (Å²) < 4.78 is 0. The Balaban J connectivity index is 1.66. The number of carbonyl (C=O) groups is 2. The highest BCUT2D eigenvalue weighted by atomic mass is 16.4. The summed E-state index contributed by atoms with van der Waals surface area (Å²) in [6.07, 6.45) is 1.06. The number of carboxylic acids is 1. The van der Waals surface area contributed by atoms with Crippen molar-refractivity contribution in [3.63, 3.8) is 0 Å². The SMILES string of the molecule is CC1=C(C)C[C@H](C(=O)N2CCN(c3ccccc3)CC2)[C@@H](C(=O)O)C1. The van der Waals surface area contributed by atoms with E-state index in [0.717, 1.165) is 18.7 Å². The lowest BCUT2D eigenvalue weighted by Crippen LogP contribution is -2.52. The zero-order valence-electron chi connectivity index (χ0n) is 14.9. The highest BCUT2D eigenvalue weighted by Crippen LogP contribution is 2.35. The highest BCUT2D eigenvalue weighted by Gasteiger charge is 2.39. The maximum Gasteiger partial charge on any atom is 0.307 e. The molecule has 1 heterocycles. The Kier molecular flexibility index (Phi) is 5.11. The molecular weight excluding hydrogens is 316 g/mol. The average molecular weight is 342 g/mol. The number of hydrogen-bond donors (Lipinski definition) is 1. The maximum absolute atomic E-state index is 13.0. The summed E-state index contributed by atoms with van der Waals surface area (Å²) in [5.41, 5.74) is 3.45. The number of carboxylic acid groups (broad SMARTS) is 1. The van der Waals surface area contributed by atoms with Gasteiger partial charge in [-0.1, -0.05) is 29.3 Å². The first-order chi connectivity index (χ1) is 12.0. The minimum atomic E-state index is -0.854. The second-order valence-electron chi connectivity index (χ2n) is 7.17. The van der Waals surface area contributed by atoms with E-state index in [-0.39, 0.29) is 5.91 Å². The van der Waals surface area contributed by atoms with Gasteiger partial charge in [0.15, 0.2) is 0 Å². The van der Waals surface area contributed by atoms with Crippen LogP contribution in [0.3, 0.4) is 0 Å². The molecule has 0 saturated carbocycles. The lowest BCUT2D eigenvalue weighted by atomic mass is 9.76. The fraction of sp³-hybridized carbons (Fsp3) is 0.500. The molecule has 0 radical (unpaired) electrons. The van der Waals surface area contributed by atoms with Gasteiger partial charge >= 0.3 is 5.97 Å². The minimum absolute atomic E-state index is 0.00645. The van der Waals surface area contributed by atoms with Crippen molar-refractivity contribution in [2.75, 3.05) is 31.1 Å². The first-order valence-corrected chi connectivity index (χ1v) is 8.94. The Bertz CT molecular complexity index is 675. The van der Waals surface area contributed by atoms with Gasteiger partial charge in [0.25, 0.3) is 0 Å². The first-order valence-electron chi connectivity index (χ1n) is 8.94. The Morgan fingerprint density at radius 2 is 1.48 bits per heavy atom. The molecule has 25 heavy (non-hydrogen) atoms. The molecule has 3 rings (SSSR count). The number of anilines is 1. The maximum atomic E-state index is 13.0. The third-order valence-electron chi connectivity index (χ3n) is 5.61. The van der Waals surface area contributed by atoms with Gasteiger partial charge in [0.1, 0.15) is 0 Å². The van der Waals surface area contributed by atoms with Crippen LogP contribution in [0.4, 0.5) is 5.69 Å². The quantitative estimate of drug-likeness (QED) is 0.858. The Morgan fingerprint density at radius 3 is 2.04 bits per heavy atom. The number of nitrogens with zero attached hydrogens (tertiary/aromatic N) is 2. The highest BCUT2D eigenvalue weighted by molar-refractivity contribution is 5.86. The smallest absolute Gasteiger partial charge is 0.307 e. The van der Waals surface area contributed by atoms with Crippen molar-refractivity contribution >= 4 is 17.6 Å². The number of piperazine rings is 1. The summed E-state index contributed by atoms with van der Waals surface area (Å²) in [5.74, 6) is -1.87. The van der Waals surface area contributed by atoms with Crippen LogP contribution in [0.1, 0.15) is 26.7 Å². The van der Waals surface area contributed by atoms with Crippen molar-refractivity contribution < 1.29 is 14.7 Å². The van der Waals surface area contributed by atoms with Crippen molar-refractivity contribution in [3.8, 4) is 0 Å². The van der Waals surface area contributed by atoms with Crippen LogP contribution < -0.4 is 4.90 Å². The van der Waals surface area contributed by atoms with Crippen molar-refractivity contribution in [1.29, 1.82) is 0 Å². The number of benzene rings is 1. The molecule has 1 aromatic rings.